The van der Waals surface area contributed by atoms with Gasteiger partial charge in [-0.15, -0.1) is 0 Å². The second-order valence-corrected chi connectivity index (χ2v) is 5.52. The maximum absolute atomic E-state index is 5.36. The SMILES string of the molecule is COc1ccc2c(c1)[C@]1(C)CCN(C)C1N2C. The molecule has 0 radical (unpaired) electrons. The molecule has 0 aliphatic carbocycles. The van der Waals surface area contributed by atoms with E-state index >= 15 is 0 Å². The lowest BCUT2D eigenvalue weighted by Crippen LogP contribution is -2.45. The van der Waals surface area contributed by atoms with Gasteiger partial charge in [-0.25, -0.2) is 0 Å². The second kappa shape index (κ2) is 3.39. The lowest BCUT2D eigenvalue weighted by Gasteiger charge is -2.32. The Morgan fingerprint density at radius 1 is 1.35 bits per heavy atom. The van der Waals surface area contributed by atoms with E-state index in [0.29, 0.717) is 6.17 Å². The number of methoxy groups -OCH3 is 1. The summed E-state index contributed by atoms with van der Waals surface area (Å²) in [6.07, 6.45) is 1.71. The van der Waals surface area contributed by atoms with Crippen LogP contribution in [0.5, 0.6) is 5.75 Å². The standard InChI is InChI=1S/C14H20N2O/c1-14-7-8-15(2)13(14)16(3)12-6-5-10(17-4)9-11(12)14/h5-6,9,13H,7-8H2,1-4H3/t13?,14-/m0/s1. The van der Waals surface area contributed by atoms with Crippen LogP contribution in [-0.2, 0) is 5.41 Å². The molecular formula is C14H20N2O. The van der Waals surface area contributed by atoms with Gasteiger partial charge >= 0.3 is 0 Å². The average Bonchev–Trinajstić information content (AvgIpc) is 2.75. The molecule has 0 N–H and O–H groups in total. The van der Waals surface area contributed by atoms with Gasteiger partial charge in [0, 0.05) is 24.7 Å². The minimum Gasteiger partial charge on any atom is -0.497 e. The summed E-state index contributed by atoms with van der Waals surface area (Å²) in [7, 11) is 6.15. The van der Waals surface area contributed by atoms with E-state index in [-0.39, 0.29) is 5.41 Å². The van der Waals surface area contributed by atoms with Gasteiger partial charge < -0.3 is 9.64 Å². The molecule has 1 fully saturated rings. The molecule has 3 rings (SSSR count). The summed E-state index contributed by atoms with van der Waals surface area (Å²) in [5, 5.41) is 0. The van der Waals surface area contributed by atoms with Crippen LogP contribution in [0.1, 0.15) is 18.9 Å². The van der Waals surface area contributed by atoms with Gasteiger partial charge in [0.2, 0.25) is 0 Å². The molecule has 0 aromatic heterocycles. The molecule has 1 aromatic rings. The third-order valence-corrected chi connectivity index (χ3v) is 4.54. The fraction of sp³-hybridized carbons (Fsp3) is 0.571. The minimum absolute atomic E-state index is 0.243. The first-order chi connectivity index (χ1) is 8.08. The number of fused-ring (bicyclic) bond motifs is 3. The topological polar surface area (TPSA) is 15.7 Å². The Hall–Kier alpha value is -1.22. The Morgan fingerprint density at radius 3 is 2.82 bits per heavy atom. The first-order valence-electron chi connectivity index (χ1n) is 6.19. The number of nitrogens with zero attached hydrogens (tertiary/aromatic N) is 2. The van der Waals surface area contributed by atoms with Crippen molar-refractivity contribution in [3.63, 3.8) is 0 Å². The molecule has 3 nitrogen and oxygen atoms in total. The highest BCUT2D eigenvalue weighted by Crippen LogP contribution is 2.51. The number of benzene rings is 1. The van der Waals surface area contributed by atoms with E-state index in [0.717, 1.165) is 5.75 Å². The predicted octanol–water partition coefficient (Wildman–Crippen LogP) is 2.06. The number of hydrogen-bond donors (Lipinski definition) is 0. The number of hydrogen-bond acceptors (Lipinski definition) is 3. The van der Waals surface area contributed by atoms with Crippen LogP contribution in [0, 0.1) is 0 Å². The van der Waals surface area contributed by atoms with Gasteiger partial charge in [-0.2, -0.15) is 0 Å². The molecule has 2 aliphatic rings. The van der Waals surface area contributed by atoms with Crippen LogP contribution in [0.2, 0.25) is 0 Å². The molecular weight excluding hydrogens is 212 g/mol. The Balaban J connectivity index is 2.15. The summed E-state index contributed by atoms with van der Waals surface area (Å²) in [6, 6.07) is 6.45. The van der Waals surface area contributed by atoms with Crippen LogP contribution in [0.3, 0.4) is 0 Å². The van der Waals surface area contributed by atoms with Crippen LogP contribution in [0.25, 0.3) is 0 Å². The zero-order chi connectivity index (χ0) is 12.2. The van der Waals surface area contributed by atoms with Gasteiger partial charge in [0.05, 0.1) is 13.3 Å². The van der Waals surface area contributed by atoms with Crippen LogP contribution in [0.15, 0.2) is 18.2 Å². The van der Waals surface area contributed by atoms with Crippen molar-refractivity contribution in [3.05, 3.63) is 23.8 Å². The molecule has 1 saturated heterocycles. The summed E-state index contributed by atoms with van der Waals surface area (Å²) in [6.45, 7) is 3.55. The summed E-state index contributed by atoms with van der Waals surface area (Å²) in [5.74, 6) is 0.966. The van der Waals surface area contributed by atoms with E-state index in [1.54, 1.807) is 7.11 Å². The molecule has 0 saturated carbocycles. The highest BCUT2D eigenvalue weighted by molar-refractivity contribution is 5.66. The van der Waals surface area contributed by atoms with E-state index in [1.807, 2.05) is 0 Å². The lowest BCUT2D eigenvalue weighted by molar-refractivity contribution is 0.268. The Bertz CT molecular complexity index is 460. The zero-order valence-electron chi connectivity index (χ0n) is 11.0. The first-order valence-corrected chi connectivity index (χ1v) is 6.19. The van der Waals surface area contributed by atoms with Crippen molar-refractivity contribution < 1.29 is 4.74 Å². The molecule has 1 unspecified atom stereocenters. The van der Waals surface area contributed by atoms with Crippen LogP contribution >= 0.6 is 0 Å². The van der Waals surface area contributed by atoms with Crippen LogP contribution < -0.4 is 9.64 Å². The lowest BCUT2D eigenvalue weighted by atomic mass is 9.81. The third kappa shape index (κ3) is 1.26. The summed E-state index contributed by atoms with van der Waals surface area (Å²) in [4.78, 5) is 4.86. The van der Waals surface area contributed by atoms with Crippen LogP contribution in [0.4, 0.5) is 5.69 Å². The molecule has 17 heavy (non-hydrogen) atoms. The van der Waals surface area contributed by atoms with Gasteiger partial charge in [-0.1, -0.05) is 6.92 Å². The summed E-state index contributed by atoms with van der Waals surface area (Å²) < 4.78 is 5.36. The van der Waals surface area contributed by atoms with E-state index < -0.39 is 0 Å². The maximum Gasteiger partial charge on any atom is 0.119 e. The smallest absolute Gasteiger partial charge is 0.119 e. The Morgan fingerprint density at radius 2 is 2.12 bits per heavy atom. The summed E-state index contributed by atoms with van der Waals surface area (Å²) >= 11 is 0. The van der Waals surface area contributed by atoms with Crippen molar-refractivity contribution in [1.82, 2.24) is 4.90 Å². The minimum atomic E-state index is 0.243. The van der Waals surface area contributed by atoms with Crippen molar-refractivity contribution in [1.29, 1.82) is 0 Å². The third-order valence-electron chi connectivity index (χ3n) is 4.54. The van der Waals surface area contributed by atoms with Gasteiger partial charge in [-0.05, 0) is 37.2 Å². The maximum atomic E-state index is 5.36. The Labute approximate surface area is 103 Å². The molecule has 0 bridgehead atoms. The fourth-order valence-electron chi connectivity index (χ4n) is 3.68. The van der Waals surface area contributed by atoms with Crippen LogP contribution in [-0.4, -0.2) is 38.8 Å². The molecule has 2 atom stereocenters. The number of likely N-dealkylation sites (N-methyl/N-ethyl adjacent to an activating group) is 2. The van der Waals surface area contributed by atoms with Gasteiger partial charge in [-0.3, -0.25) is 4.90 Å². The molecule has 1 aromatic carbocycles. The molecule has 2 aliphatic heterocycles. The van der Waals surface area contributed by atoms with E-state index in [2.05, 4.69) is 49.0 Å². The molecule has 3 heteroatoms. The first kappa shape index (κ1) is 10.9. The van der Waals surface area contributed by atoms with E-state index in [1.165, 1.54) is 24.2 Å². The van der Waals surface area contributed by atoms with Crippen molar-refractivity contribution in [2.75, 3.05) is 32.6 Å². The number of rotatable bonds is 1. The summed E-state index contributed by atoms with van der Waals surface area (Å²) in [5.41, 5.74) is 3.03. The molecule has 92 valence electrons. The second-order valence-electron chi connectivity index (χ2n) is 5.52. The highest BCUT2D eigenvalue weighted by atomic mass is 16.5. The van der Waals surface area contributed by atoms with Crippen molar-refractivity contribution >= 4 is 5.69 Å². The van der Waals surface area contributed by atoms with Gasteiger partial charge in [0.25, 0.3) is 0 Å². The quantitative estimate of drug-likeness (QED) is 0.737. The molecule has 2 heterocycles. The predicted molar refractivity (Wildman–Crippen MR) is 69.8 cm³/mol. The number of anilines is 1. The molecule has 0 amide bonds. The zero-order valence-corrected chi connectivity index (χ0v) is 11.0. The van der Waals surface area contributed by atoms with Gasteiger partial charge in [0.15, 0.2) is 0 Å². The molecule has 0 spiro atoms. The normalized spacial score (nSPS) is 31.5. The average molecular weight is 232 g/mol. The number of ether oxygens (including phenoxy) is 1. The Kier molecular flexibility index (Phi) is 2.17. The van der Waals surface area contributed by atoms with Gasteiger partial charge in [0.1, 0.15) is 5.75 Å². The van der Waals surface area contributed by atoms with E-state index in [9.17, 15) is 0 Å². The van der Waals surface area contributed by atoms with Crippen molar-refractivity contribution in [2.24, 2.45) is 0 Å². The van der Waals surface area contributed by atoms with Crippen molar-refractivity contribution in [2.45, 2.75) is 24.9 Å². The largest absolute Gasteiger partial charge is 0.497 e. The highest BCUT2D eigenvalue weighted by Gasteiger charge is 2.52. The van der Waals surface area contributed by atoms with Crippen molar-refractivity contribution in [3.8, 4) is 5.75 Å². The number of likely N-dealkylation sites (tertiary alicyclic amines) is 1. The van der Waals surface area contributed by atoms with E-state index in [4.69, 9.17) is 4.74 Å². The fourth-order valence-corrected chi connectivity index (χ4v) is 3.68. The monoisotopic (exact) mass is 232 g/mol.